The second-order valence-corrected chi connectivity index (χ2v) is 6.98. The van der Waals surface area contributed by atoms with E-state index < -0.39 is 5.60 Å². The largest absolute Gasteiger partial charge is 0.460 e. The van der Waals surface area contributed by atoms with Gasteiger partial charge >= 0.3 is 5.97 Å². The number of hydrogen-bond acceptors (Lipinski definition) is 3. The Balaban J connectivity index is 2.01. The molecule has 1 aliphatic heterocycles. The number of carbonyl (C=O) groups is 1. The number of nitrogens with zero attached hydrogens (tertiary/aromatic N) is 1. The number of hydrogen-bond donors (Lipinski definition) is 0. The van der Waals surface area contributed by atoms with Crippen molar-refractivity contribution in [3.63, 3.8) is 0 Å². The summed E-state index contributed by atoms with van der Waals surface area (Å²) in [5, 5.41) is 0. The van der Waals surface area contributed by atoms with Crippen molar-refractivity contribution in [2.45, 2.75) is 58.7 Å². The zero-order valence-electron chi connectivity index (χ0n) is 13.6. The molecule has 0 saturated carbocycles. The molecular weight excluding hydrogens is 262 g/mol. The number of esters is 1. The average molecular weight is 289 g/mol. The van der Waals surface area contributed by atoms with Crippen LogP contribution in [-0.2, 0) is 16.1 Å². The number of rotatable bonds is 3. The van der Waals surface area contributed by atoms with E-state index in [9.17, 15) is 4.79 Å². The molecule has 0 aromatic heterocycles. The van der Waals surface area contributed by atoms with Gasteiger partial charge in [-0.25, -0.2) is 0 Å². The van der Waals surface area contributed by atoms with E-state index in [2.05, 4.69) is 36.1 Å². The van der Waals surface area contributed by atoms with Crippen LogP contribution in [0.25, 0.3) is 0 Å². The van der Waals surface area contributed by atoms with E-state index >= 15 is 0 Å². The fraction of sp³-hybridized carbons (Fsp3) is 0.611. The third-order valence-electron chi connectivity index (χ3n) is 4.06. The molecule has 1 heterocycles. The fourth-order valence-electron chi connectivity index (χ4n) is 2.95. The Morgan fingerprint density at radius 3 is 2.57 bits per heavy atom. The molecule has 1 saturated heterocycles. The van der Waals surface area contributed by atoms with E-state index in [-0.39, 0.29) is 17.9 Å². The van der Waals surface area contributed by atoms with Crippen LogP contribution in [0.4, 0.5) is 0 Å². The minimum atomic E-state index is -0.404. The summed E-state index contributed by atoms with van der Waals surface area (Å²) in [5.41, 5.74) is 0.896. The first-order chi connectivity index (χ1) is 9.87. The average Bonchev–Trinajstić information content (AvgIpc) is 2.40. The SMILES string of the molecule is C[C@@H]1[C@H](C(=O)OC(C)(C)C)CCCN1Cc1ccccc1. The van der Waals surface area contributed by atoms with E-state index in [1.165, 1.54) is 5.56 Å². The van der Waals surface area contributed by atoms with Crippen LogP contribution in [0.2, 0.25) is 0 Å². The number of carbonyl (C=O) groups excluding carboxylic acids is 1. The smallest absolute Gasteiger partial charge is 0.311 e. The number of piperidine rings is 1. The maximum Gasteiger partial charge on any atom is 0.311 e. The van der Waals surface area contributed by atoms with Gasteiger partial charge in [0, 0.05) is 12.6 Å². The van der Waals surface area contributed by atoms with Crippen LogP contribution in [0.15, 0.2) is 30.3 Å². The third kappa shape index (κ3) is 4.57. The van der Waals surface area contributed by atoms with Crippen molar-refractivity contribution in [3.05, 3.63) is 35.9 Å². The Hall–Kier alpha value is -1.35. The number of likely N-dealkylation sites (tertiary alicyclic amines) is 1. The van der Waals surface area contributed by atoms with Crippen molar-refractivity contribution in [1.29, 1.82) is 0 Å². The molecule has 3 nitrogen and oxygen atoms in total. The lowest BCUT2D eigenvalue weighted by Crippen LogP contribution is -2.47. The first-order valence-corrected chi connectivity index (χ1v) is 7.87. The van der Waals surface area contributed by atoms with E-state index in [0.29, 0.717) is 0 Å². The predicted octanol–water partition coefficient (Wildman–Crippen LogP) is 3.63. The number of benzene rings is 1. The van der Waals surface area contributed by atoms with Gasteiger partial charge in [-0.3, -0.25) is 9.69 Å². The Labute approximate surface area is 128 Å². The molecule has 1 aromatic carbocycles. The quantitative estimate of drug-likeness (QED) is 0.796. The highest BCUT2D eigenvalue weighted by atomic mass is 16.6. The first kappa shape index (κ1) is 16.0. The zero-order chi connectivity index (χ0) is 15.5. The molecule has 0 aliphatic carbocycles. The Kier molecular flexibility index (Phi) is 5.04. The second-order valence-electron chi connectivity index (χ2n) is 6.98. The van der Waals surface area contributed by atoms with Crippen LogP contribution in [0.5, 0.6) is 0 Å². The van der Waals surface area contributed by atoms with Crippen molar-refractivity contribution >= 4 is 5.97 Å². The lowest BCUT2D eigenvalue weighted by molar-refractivity contribution is -0.164. The van der Waals surface area contributed by atoms with Crippen molar-refractivity contribution < 1.29 is 9.53 Å². The van der Waals surface area contributed by atoms with E-state index in [1.807, 2.05) is 26.8 Å². The van der Waals surface area contributed by atoms with Crippen LogP contribution in [-0.4, -0.2) is 29.1 Å². The summed E-state index contributed by atoms with van der Waals surface area (Å²) in [5.74, 6) is -0.0607. The molecule has 116 valence electrons. The number of ether oxygens (including phenoxy) is 1. The van der Waals surface area contributed by atoms with Gasteiger partial charge in [-0.15, -0.1) is 0 Å². The van der Waals surface area contributed by atoms with Crippen LogP contribution in [0.3, 0.4) is 0 Å². The monoisotopic (exact) mass is 289 g/mol. The van der Waals surface area contributed by atoms with Crippen LogP contribution >= 0.6 is 0 Å². The summed E-state index contributed by atoms with van der Waals surface area (Å²) in [6, 6.07) is 10.7. The van der Waals surface area contributed by atoms with Gasteiger partial charge in [-0.05, 0) is 52.6 Å². The highest BCUT2D eigenvalue weighted by Crippen LogP contribution is 2.27. The molecule has 0 spiro atoms. The van der Waals surface area contributed by atoms with Gasteiger partial charge in [0.1, 0.15) is 5.60 Å². The standard InChI is InChI=1S/C18H27NO2/c1-14-16(17(20)21-18(2,3)4)11-8-12-19(14)13-15-9-6-5-7-10-15/h5-7,9-10,14,16H,8,11-13H2,1-4H3/t14-,16-/m1/s1. The summed E-state index contributed by atoms with van der Waals surface area (Å²) in [7, 11) is 0. The van der Waals surface area contributed by atoms with Crippen LogP contribution in [0, 0.1) is 5.92 Å². The highest BCUT2D eigenvalue weighted by molar-refractivity contribution is 5.73. The lowest BCUT2D eigenvalue weighted by Gasteiger charge is -2.39. The van der Waals surface area contributed by atoms with Crippen molar-refractivity contribution in [2.75, 3.05) is 6.54 Å². The maximum absolute atomic E-state index is 12.4. The Bertz CT molecular complexity index is 464. The summed E-state index contributed by atoms with van der Waals surface area (Å²) in [6.07, 6.45) is 1.99. The molecule has 2 atom stereocenters. The summed E-state index contributed by atoms with van der Waals surface area (Å²) in [4.78, 5) is 14.8. The summed E-state index contributed by atoms with van der Waals surface area (Å²) in [6.45, 7) is 9.90. The molecular formula is C18H27NO2. The molecule has 0 N–H and O–H groups in total. The molecule has 1 aromatic rings. The molecule has 0 radical (unpaired) electrons. The maximum atomic E-state index is 12.4. The molecule has 1 fully saturated rings. The normalized spacial score (nSPS) is 23.8. The van der Waals surface area contributed by atoms with Gasteiger partial charge in [-0.2, -0.15) is 0 Å². The Morgan fingerprint density at radius 2 is 1.95 bits per heavy atom. The van der Waals surface area contributed by atoms with Gasteiger partial charge in [0.2, 0.25) is 0 Å². The van der Waals surface area contributed by atoms with Crippen molar-refractivity contribution in [3.8, 4) is 0 Å². The molecule has 0 unspecified atom stereocenters. The Morgan fingerprint density at radius 1 is 1.29 bits per heavy atom. The van der Waals surface area contributed by atoms with Crippen molar-refractivity contribution in [1.82, 2.24) is 4.90 Å². The first-order valence-electron chi connectivity index (χ1n) is 7.87. The summed E-state index contributed by atoms with van der Waals surface area (Å²) < 4.78 is 5.58. The van der Waals surface area contributed by atoms with Gasteiger partial charge in [0.25, 0.3) is 0 Å². The van der Waals surface area contributed by atoms with E-state index in [4.69, 9.17) is 4.74 Å². The second kappa shape index (κ2) is 6.61. The van der Waals surface area contributed by atoms with Crippen LogP contribution < -0.4 is 0 Å². The zero-order valence-corrected chi connectivity index (χ0v) is 13.6. The van der Waals surface area contributed by atoms with Gasteiger partial charge in [0.15, 0.2) is 0 Å². The van der Waals surface area contributed by atoms with Gasteiger partial charge in [0.05, 0.1) is 5.92 Å². The minimum absolute atomic E-state index is 0.0123. The topological polar surface area (TPSA) is 29.5 Å². The molecule has 3 heteroatoms. The third-order valence-corrected chi connectivity index (χ3v) is 4.06. The lowest BCUT2D eigenvalue weighted by atomic mass is 9.89. The van der Waals surface area contributed by atoms with E-state index in [1.54, 1.807) is 0 Å². The van der Waals surface area contributed by atoms with E-state index in [0.717, 1.165) is 25.9 Å². The molecule has 1 aliphatic rings. The van der Waals surface area contributed by atoms with Gasteiger partial charge in [-0.1, -0.05) is 30.3 Å². The van der Waals surface area contributed by atoms with Crippen molar-refractivity contribution in [2.24, 2.45) is 5.92 Å². The summed E-state index contributed by atoms with van der Waals surface area (Å²) >= 11 is 0. The highest BCUT2D eigenvalue weighted by Gasteiger charge is 2.35. The van der Waals surface area contributed by atoms with Crippen LogP contribution in [0.1, 0.15) is 46.1 Å². The molecule has 0 bridgehead atoms. The minimum Gasteiger partial charge on any atom is -0.460 e. The molecule has 2 rings (SSSR count). The molecule has 21 heavy (non-hydrogen) atoms. The fourth-order valence-corrected chi connectivity index (χ4v) is 2.95. The predicted molar refractivity (Wildman–Crippen MR) is 84.9 cm³/mol. The molecule has 0 amide bonds. The van der Waals surface area contributed by atoms with Gasteiger partial charge < -0.3 is 4.74 Å².